The van der Waals surface area contributed by atoms with Gasteiger partial charge in [-0.25, -0.2) is 0 Å². The monoisotopic (exact) mass is 241 g/mol. The van der Waals surface area contributed by atoms with Gasteiger partial charge < -0.3 is 0 Å². The van der Waals surface area contributed by atoms with Crippen LogP contribution in [0.15, 0.2) is 36.5 Å². The quantitative estimate of drug-likeness (QED) is 0.733. The Morgan fingerprint density at radius 2 is 2.00 bits per heavy atom. The maximum Gasteiger partial charge on any atom is 0.165 e. The van der Waals surface area contributed by atoms with Gasteiger partial charge in [-0.1, -0.05) is 38.5 Å². The Bertz CT molecular complexity index is 540. The lowest BCUT2D eigenvalue weighted by Crippen LogP contribution is -2.02. The second-order valence-corrected chi connectivity index (χ2v) is 5.09. The molecule has 1 aromatic heterocycles. The summed E-state index contributed by atoms with van der Waals surface area (Å²) in [6.07, 6.45) is 4.42. The summed E-state index contributed by atoms with van der Waals surface area (Å²) in [5.74, 6) is 0.864. The first-order valence-electron chi connectivity index (χ1n) is 6.55. The molecule has 0 unspecified atom stereocenters. The van der Waals surface area contributed by atoms with Crippen LogP contribution in [0.5, 0.6) is 0 Å². The number of hydrogen-bond acceptors (Lipinski definition) is 2. The van der Waals surface area contributed by atoms with E-state index in [0.717, 1.165) is 29.3 Å². The molecule has 0 atom stereocenters. The van der Waals surface area contributed by atoms with E-state index in [1.165, 1.54) is 0 Å². The maximum absolute atomic E-state index is 12.2. The van der Waals surface area contributed by atoms with Crippen LogP contribution in [-0.4, -0.2) is 10.8 Å². The molecule has 0 aliphatic carbocycles. The number of Topliss-reactive ketones (excluding diaryl/α,β-unsaturated/α-hetero) is 1. The van der Waals surface area contributed by atoms with Crippen molar-refractivity contribution < 1.29 is 4.79 Å². The largest absolute Gasteiger partial charge is 0.294 e. The maximum atomic E-state index is 12.2. The van der Waals surface area contributed by atoms with Crippen molar-refractivity contribution in [2.45, 2.75) is 33.1 Å². The van der Waals surface area contributed by atoms with Crippen molar-refractivity contribution in [3.05, 3.63) is 42.1 Å². The van der Waals surface area contributed by atoms with E-state index in [4.69, 9.17) is 0 Å². The Kier molecular flexibility index (Phi) is 4.08. The fraction of sp³-hybridized carbons (Fsp3) is 0.375. The van der Waals surface area contributed by atoms with Gasteiger partial charge in [0.15, 0.2) is 5.78 Å². The number of aromatic nitrogens is 1. The predicted molar refractivity (Wildman–Crippen MR) is 74.8 cm³/mol. The smallest absolute Gasteiger partial charge is 0.165 e. The summed E-state index contributed by atoms with van der Waals surface area (Å²) < 4.78 is 0. The van der Waals surface area contributed by atoms with Crippen molar-refractivity contribution in [1.29, 1.82) is 0 Å². The fourth-order valence-electron chi connectivity index (χ4n) is 2.13. The lowest BCUT2D eigenvalue weighted by molar-refractivity contribution is 0.0979. The zero-order valence-electron chi connectivity index (χ0n) is 11.0. The molecule has 1 heterocycles. The first-order valence-corrected chi connectivity index (χ1v) is 6.55. The number of nitrogens with zero attached hydrogens (tertiary/aromatic N) is 1. The topological polar surface area (TPSA) is 30.0 Å². The van der Waals surface area contributed by atoms with Crippen LogP contribution in [0.2, 0.25) is 0 Å². The van der Waals surface area contributed by atoms with Crippen molar-refractivity contribution in [1.82, 2.24) is 4.98 Å². The Labute approximate surface area is 108 Å². The predicted octanol–water partition coefficient (Wildman–Crippen LogP) is 4.24. The summed E-state index contributed by atoms with van der Waals surface area (Å²) in [5, 5.41) is 1.03. The van der Waals surface area contributed by atoms with Crippen LogP contribution < -0.4 is 0 Å². The number of fused-ring (bicyclic) bond motifs is 1. The minimum Gasteiger partial charge on any atom is -0.294 e. The number of carbonyl (C=O) groups is 1. The minimum absolute atomic E-state index is 0.208. The number of para-hydroxylation sites is 1. The number of pyridine rings is 1. The molecule has 94 valence electrons. The normalized spacial score (nSPS) is 11.1. The van der Waals surface area contributed by atoms with Crippen molar-refractivity contribution in [3.8, 4) is 0 Å². The SMILES string of the molecule is CC(C)CCCC(=O)c1cccc2cccnc12. The van der Waals surface area contributed by atoms with Crippen molar-refractivity contribution in [3.63, 3.8) is 0 Å². The van der Waals surface area contributed by atoms with Gasteiger partial charge >= 0.3 is 0 Å². The van der Waals surface area contributed by atoms with Crippen molar-refractivity contribution >= 4 is 16.7 Å². The molecule has 0 spiro atoms. The first-order chi connectivity index (χ1) is 8.68. The summed E-state index contributed by atoms with van der Waals surface area (Å²) >= 11 is 0. The molecule has 0 radical (unpaired) electrons. The van der Waals surface area contributed by atoms with Gasteiger partial charge in [0.05, 0.1) is 5.52 Å². The zero-order chi connectivity index (χ0) is 13.0. The van der Waals surface area contributed by atoms with Crippen LogP contribution in [0.1, 0.15) is 43.5 Å². The molecule has 0 saturated heterocycles. The van der Waals surface area contributed by atoms with Gasteiger partial charge in [-0.05, 0) is 24.5 Å². The molecule has 0 saturated carbocycles. The van der Waals surface area contributed by atoms with Crippen LogP contribution in [0.25, 0.3) is 10.9 Å². The van der Waals surface area contributed by atoms with Crippen LogP contribution in [-0.2, 0) is 0 Å². The number of rotatable bonds is 5. The van der Waals surface area contributed by atoms with E-state index in [1.54, 1.807) is 6.20 Å². The highest BCUT2D eigenvalue weighted by Crippen LogP contribution is 2.19. The van der Waals surface area contributed by atoms with Gasteiger partial charge in [-0.15, -0.1) is 0 Å². The molecular formula is C16H19NO. The van der Waals surface area contributed by atoms with E-state index in [2.05, 4.69) is 18.8 Å². The standard InChI is InChI=1S/C16H19NO/c1-12(2)6-3-10-15(18)14-9-4-7-13-8-5-11-17-16(13)14/h4-5,7-9,11-12H,3,6,10H2,1-2H3. The van der Waals surface area contributed by atoms with E-state index in [1.807, 2.05) is 30.3 Å². The van der Waals surface area contributed by atoms with E-state index in [0.29, 0.717) is 12.3 Å². The number of benzene rings is 1. The summed E-state index contributed by atoms with van der Waals surface area (Å²) in [6.45, 7) is 4.37. The summed E-state index contributed by atoms with van der Waals surface area (Å²) in [6, 6.07) is 9.70. The molecule has 2 rings (SSSR count). The molecule has 0 bridgehead atoms. The Morgan fingerprint density at radius 3 is 2.78 bits per heavy atom. The van der Waals surface area contributed by atoms with E-state index in [9.17, 15) is 4.79 Å². The number of ketones is 1. The molecule has 2 heteroatoms. The Balaban J connectivity index is 2.17. The molecule has 0 aliphatic rings. The van der Waals surface area contributed by atoms with Gasteiger partial charge in [-0.2, -0.15) is 0 Å². The third-order valence-corrected chi connectivity index (χ3v) is 3.12. The van der Waals surface area contributed by atoms with Crippen LogP contribution in [0.3, 0.4) is 0 Å². The van der Waals surface area contributed by atoms with Crippen LogP contribution in [0.4, 0.5) is 0 Å². The average Bonchev–Trinajstić information content (AvgIpc) is 2.37. The molecule has 2 aromatic rings. The lowest BCUT2D eigenvalue weighted by Gasteiger charge is -2.06. The highest BCUT2D eigenvalue weighted by Gasteiger charge is 2.10. The van der Waals surface area contributed by atoms with Gasteiger partial charge in [0, 0.05) is 23.6 Å². The van der Waals surface area contributed by atoms with Gasteiger partial charge in [0.2, 0.25) is 0 Å². The molecule has 0 N–H and O–H groups in total. The zero-order valence-corrected chi connectivity index (χ0v) is 11.0. The molecule has 1 aromatic carbocycles. The average molecular weight is 241 g/mol. The fourth-order valence-corrected chi connectivity index (χ4v) is 2.13. The number of carbonyl (C=O) groups excluding carboxylic acids is 1. The molecule has 0 aliphatic heterocycles. The Morgan fingerprint density at radius 1 is 1.22 bits per heavy atom. The molecule has 0 fully saturated rings. The lowest BCUT2D eigenvalue weighted by atomic mass is 9.99. The third kappa shape index (κ3) is 2.95. The van der Waals surface area contributed by atoms with E-state index in [-0.39, 0.29) is 5.78 Å². The summed E-state index contributed by atoms with van der Waals surface area (Å²) in [5.41, 5.74) is 1.59. The molecular weight excluding hydrogens is 222 g/mol. The van der Waals surface area contributed by atoms with Crippen LogP contribution >= 0.6 is 0 Å². The highest BCUT2D eigenvalue weighted by atomic mass is 16.1. The van der Waals surface area contributed by atoms with Crippen molar-refractivity contribution in [2.75, 3.05) is 0 Å². The second kappa shape index (κ2) is 5.76. The molecule has 0 amide bonds. The van der Waals surface area contributed by atoms with Gasteiger partial charge in [-0.3, -0.25) is 9.78 Å². The number of hydrogen-bond donors (Lipinski definition) is 0. The van der Waals surface area contributed by atoms with E-state index >= 15 is 0 Å². The summed E-state index contributed by atoms with van der Waals surface area (Å²) in [4.78, 5) is 16.5. The van der Waals surface area contributed by atoms with Crippen LogP contribution in [0, 0.1) is 5.92 Å². The highest BCUT2D eigenvalue weighted by molar-refractivity contribution is 6.06. The summed E-state index contributed by atoms with van der Waals surface area (Å²) in [7, 11) is 0. The van der Waals surface area contributed by atoms with Crippen molar-refractivity contribution in [2.24, 2.45) is 5.92 Å². The minimum atomic E-state index is 0.208. The molecule has 18 heavy (non-hydrogen) atoms. The first kappa shape index (κ1) is 12.7. The Hall–Kier alpha value is -1.70. The molecule has 2 nitrogen and oxygen atoms in total. The third-order valence-electron chi connectivity index (χ3n) is 3.12. The second-order valence-electron chi connectivity index (χ2n) is 5.09. The van der Waals surface area contributed by atoms with E-state index < -0.39 is 0 Å². The van der Waals surface area contributed by atoms with Gasteiger partial charge in [0.25, 0.3) is 0 Å². The van der Waals surface area contributed by atoms with Gasteiger partial charge in [0.1, 0.15) is 0 Å².